The van der Waals surface area contributed by atoms with Crippen LogP contribution in [-0.2, 0) is 7.05 Å². The van der Waals surface area contributed by atoms with Crippen molar-refractivity contribution in [2.24, 2.45) is 13.0 Å². The van der Waals surface area contributed by atoms with Gasteiger partial charge in [0.2, 0.25) is 0 Å². The summed E-state index contributed by atoms with van der Waals surface area (Å²) in [6.45, 7) is 2.13. The first-order valence-corrected chi connectivity index (χ1v) is 7.40. The van der Waals surface area contributed by atoms with E-state index in [0.29, 0.717) is 17.4 Å². The number of pyridine rings is 1. The lowest BCUT2D eigenvalue weighted by Gasteiger charge is -2.20. The standard InChI is InChI=1S/C15H20N4O2/c1-3-10(6-9-4-5-9)18-13-11-8-17-19(2)14(11)16-7-12(13)15(20)21/h7-10H,3-6H2,1-2H3,(H,16,18)(H,20,21). The molecule has 1 atom stereocenters. The lowest BCUT2D eigenvalue weighted by molar-refractivity contribution is 0.0697. The second-order valence-corrected chi connectivity index (χ2v) is 5.79. The molecule has 0 amide bonds. The summed E-state index contributed by atoms with van der Waals surface area (Å²) in [7, 11) is 1.81. The van der Waals surface area contributed by atoms with Crippen LogP contribution in [-0.4, -0.2) is 31.9 Å². The molecule has 6 nitrogen and oxygen atoms in total. The molecular weight excluding hydrogens is 268 g/mol. The van der Waals surface area contributed by atoms with E-state index in [0.717, 1.165) is 24.1 Å². The molecule has 21 heavy (non-hydrogen) atoms. The Morgan fingerprint density at radius 2 is 2.29 bits per heavy atom. The molecule has 0 bridgehead atoms. The molecule has 0 aromatic carbocycles. The number of hydrogen-bond donors (Lipinski definition) is 2. The molecule has 3 rings (SSSR count). The molecule has 2 aromatic rings. The van der Waals surface area contributed by atoms with Crippen molar-refractivity contribution in [3.05, 3.63) is 18.0 Å². The summed E-state index contributed by atoms with van der Waals surface area (Å²) in [5.41, 5.74) is 1.56. The summed E-state index contributed by atoms with van der Waals surface area (Å²) in [6.07, 6.45) is 7.75. The number of nitrogens with zero attached hydrogens (tertiary/aromatic N) is 3. The van der Waals surface area contributed by atoms with Crippen molar-refractivity contribution < 1.29 is 9.90 Å². The van der Waals surface area contributed by atoms with Crippen LogP contribution in [0.3, 0.4) is 0 Å². The number of rotatable bonds is 6. The maximum absolute atomic E-state index is 11.5. The van der Waals surface area contributed by atoms with Crippen molar-refractivity contribution in [3.63, 3.8) is 0 Å². The molecule has 1 saturated carbocycles. The van der Waals surface area contributed by atoms with Gasteiger partial charge in [0.25, 0.3) is 0 Å². The molecule has 0 spiro atoms. The fourth-order valence-electron chi connectivity index (χ4n) is 2.70. The summed E-state index contributed by atoms with van der Waals surface area (Å²) in [4.78, 5) is 15.7. The zero-order valence-electron chi connectivity index (χ0n) is 12.3. The van der Waals surface area contributed by atoms with Gasteiger partial charge in [-0.3, -0.25) is 4.68 Å². The minimum Gasteiger partial charge on any atom is -0.478 e. The highest BCUT2D eigenvalue weighted by Crippen LogP contribution is 2.36. The normalized spacial score (nSPS) is 16.1. The van der Waals surface area contributed by atoms with Crippen molar-refractivity contribution in [2.45, 2.75) is 38.6 Å². The van der Waals surface area contributed by atoms with Crippen molar-refractivity contribution in [1.82, 2.24) is 14.8 Å². The van der Waals surface area contributed by atoms with Crippen LogP contribution in [0.1, 0.15) is 43.0 Å². The summed E-state index contributed by atoms with van der Waals surface area (Å²) in [5, 5.41) is 17.8. The summed E-state index contributed by atoms with van der Waals surface area (Å²) < 4.78 is 1.66. The van der Waals surface area contributed by atoms with E-state index in [1.54, 1.807) is 17.9 Å². The van der Waals surface area contributed by atoms with Gasteiger partial charge in [0.1, 0.15) is 5.56 Å². The minimum atomic E-state index is -0.961. The monoisotopic (exact) mass is 288 g/mol. The van der Waals surface area contributed by atoms with Gasteiger partial charge in [-0.2, -0.15) is 5.10 Å². The molecule has 1 unspecified atom stereocenters. The summed E-state index contributed by atoms with van der Waals surface area (Å²) >= 11 is 0. The summed E-state index contributed by atoms with van der Waals surface area (Å²) in [5.74, 6) is -0.168. The van der Waals surface area contributed by atoms with E-state index in [9.17, 15) is 9.90 Å². The van der Waals surface area contributed by atoms with Crippen molar-refractivity contribution in [2.75, 3.05) is 5.32 Å². The lowest BCUT2D eigenvalue weighted by atomic mass is 10.1. The molecule has 6 heteroatoms. The van der Waals surface area contributed by atoms with Crippen LogP contribution in [0.15, 0.2) is 12.4 Å². The third-order valence-corrected chi connectivity index (χ3v) is 4.15. The van der Waals surface area contributed by atoms with Gasteiger partial charge in [-0.05, 0) is 18.8 Å². The number of anilines is 1. The number of fused-ring (bicyclic) bond motifs is 1. The quantitative estimate of drug-likeness (QED) is 0.854. The Morgan fingerprint density at radius 1 is 1.52 bits per heavy atom. The van der Waals surface area contributed by atoms with Gasteiger partial charge in [0, 0.05) is 19.3 Å². The van der Waals surface area contributed by atoms with E-state index in [4.69, 9.17) is 0 Å². The zero-order valence-corrected chi connectivity index (χ0v) is 12.3. The van der Waals surface area contributed by atoms with E-state index in [2.05, 4.69) is 22.3 Å². The Labute approximate surface area is 123 Å². The van der Waals surface area contributed by atoms with Crippen LogP contribution in [0.2, 0.25) is 0 Å². The van der Waals surface area contributed by atoms with Crippen LogP contribution in [0, 0.1) is 5.92 Å². The Balaban J connectivity index is 2.00. The van der Waals surface area contributed by atoms with Crippen LogP contribution in [0.25, 0.3) is 11.0 Å². The molecule has 2 N–H and O–H groups in total. The molecule has 1 aliphatic rings. The molecule has 2 aromatic heterocycles. The van der Waals surface area contributed by atoms with Crippen LogP contribution < -0.4 is 5.32 Å². The first-order valence-electron chi connectivity index (χ1n) is 7.40. The molecule has 0 radical (unpaired) electrons. The van der Waals surface area contributed by atoms with E-state index < -0.39 is 5.97 Å². The Hall–Kier alpha value is -2.11. The van der Waals surface area contributed by atoms with Crippen molar-refractivity contribution in [1.29, 1.82) is 0 Å². The first-order chi connectivity index (χ1) is 10.1. The Bertz CT molecular complexity index is 676. The number of hydrogen-bond acceptors (Lipinski definition) is 4. The van der Waals surface area contributed by atoms with Crippen LogP contribution in [0.5, 0.6) is 0 Å². The minimum absolute atomic E-state index is 0.213. The third-order valence-electron chi connectivity index (χ3n) is 4.15. The van der Waals surface area contributed by atoms with Gasteiger partial charge in [-0.15, -0.1) is 0 Å². The van der Waals surface area contributed by atoms with Crippen molar-refractivity contribution in [3.8, 4) is 0 Å². The van der Waals surface area contributed by atoms with Crippen LogP contribution in [0.4, 0.5) is 5.69 Å². The largest absolute Gasteiger partial charge is 0.478 e. The Kier molecular flexibility index (Phi) is 3.53. The SMILES string of the molecule is CCC(CC1CC1)Nc1c(C(=O)O)cnc2c1cnn2C. The fraction of sp³-hybridized carbons (Fsp3) is 0.533. The lowest BCUT2D eigenvalue weighted by Crippen LogP contribution is -2.21. The van der Waals surface area contributed by atoms with Gasteiger partial charge >= 0.3 is 5.97 Å². The predicted octanol–water partition coefficient (Wildman–Crippen LogP) is 2.66. The topological polar surface area (TPSA) is 80.0 Å². The van der Waals surface area contributed by atoms with E-state index >= 15 is 0 Å². The van der Waals surface area contributed by atoms with E-state index in [-0.39, 0.29) is 5.56 Å². The average Bonchev–Trinajstić information content (AvgIpc) is 3.20. The highest BCUT2D eigenvalue weighted by atomic mass is 16.4. The van der Waals surface area contributed by atoms with Crippen LogP contribution >= 0.6 is 0 Å². The molecule has 2 heterocycles. The Morgan fingerprint density at radius 3 is 2.90 bits per heavy atom. The molecule has 0 saturated heterocycles. The van der Waals surface area contributed by atoms with Gasteiger partial charge in [0.15, 0.2) is 5.65 Å². The number of aromatic nitrogens is 3. The van der Waals surface area contributed by atoms with Crippen molar-refractivity contribution >= 4 is 22.7 Å². The highest BCUT2D eigenvalue weighted by molar-refractivity contribution is 6.03. The molecular formula is C15H20N4O2. The number of aryl methyl sites for hydroxylation is 1. The zero-order chi connectivity index (χ0) is 15.0. The third kappa shape index (κ3) is 2.70. The molecule has 112 valence electrons. The predicted molar refractivity (Wildman–Crippen MR) is 80.5 cm³/mol. The van der Waals surface area contributed by atoms with Gasteiger partial charge < -0.3 is 10.4 Å². The second kappa shape index (κ2) is 5.35. The number of carbonyl (C=O) groups is 1. The molecule has 1 fully saturated rings. The second-order valence-electron chi connectivity index (χ2n) is 5.79. The average molecular weight is 288 g/mol. The van der Waals surface area contributed by atoms with Gasteiger partial charge in [0.05, 0.1) is 17.3 Å². The number of carboxylic acid groups (broad SMARTS) is 1. The fourth-order valence-corrected chi connectivity index (χ4v) is 2.70. The highest BCUT2D eigenvalue weighted by Gasteiger charge is 2.26. The summed E-state index contributed by atoms with van der Waals surface area (Å²) in [6, 6.07) is 0.293. The first kappa shape index (κ1) is 13.9. The van der Waals surface area contributed by atoms with E-state index in [1.165, 1.54) is 19.0 Å². The maximum atomic E-state index is 11.5. The number of aromatic carboxylic acids is 1. The van der Waals surface area contributed by atoms with Gasteiger partial charge in [-0.25, -0.2) is 9.78 Å². The molecule has 1 aliphatic carbocycles. The maximum Gasteiger partial charge on any atom is 0.339 e. The number of nitrogens with one attached hydrogen (secondary N) is 1. The van der Waals surface area contributed by atoms with Gasteiger partial charge in [-0.1, -0.05) is 19.8 Å². The number of carboxylic acids is 1. The van der Waals surface area contributed by atoms with E-state index in [1.807, 2.05) is 0 Å². The smallest absolute Gasteiger partial charge is 0.339 e. The molecule has 0 aliphatic heterocycles.